The molecule has 1 rings (SSSR count). The highest BCUT2D eigenvalue weighted by Crippen LogP contribution is 2.18. The summed E-state index contributed by atoms with van der Waals surface area (Å²) in [7, 11) is -0.705. The molecule has 1 fully saturated rings. The second kappa shape index (κ2) is 6.61. The molecular formula is C11H23NO2S. The monoisotopic (exact) mass is 233 g/mol. The van der Waals surface area contributed by atoms with E-state index in [1.54, 1.807) is 0 Å². The average Bonchev–Trinajstić information content (AvgIpc) is 2.58. The SMILES string of the molecule is CC(C)NCCCS(=O)C1CCOC1C. The minimum atomic E-state index is -0.705. The molecule has 0 amide bonds. The number of rotatable bonds is 6. The smallest absolute Gasteiger partial charge is 0.0691 e. The zero-order valence-electron chi connectivity index (χ0n) is 9.99. The molecule has 0 aromatic rings. The summed E-state index contributed by atoms with van der Waals surface area (Å²) in [5, 5.41) is 3.60. The molecule has 1 heterocycles. The number of hydrogen-bond acceptors (Lipinski definition) is 3. The minimum Gasteiger partial charge on any atom is -0.377 e. The van der Waals surface area contributed by atoms with E-state index in [4.69, 9.17) is 4.74 Å². The molecule has 1 aliphatic rings. The molecule has 1 aliphatic heterocycles. The molecule has 1 N–H and O–H groups in total. The second-order valence-electron chi connectivity index (χ2n) is 4.45. The Morgan fingerprint density at radius 2 is 2.27 bits per heavy atom. The third-order valence-corrected chi connectivity index (χ3v) is 4.70. The lowest BCUT2D eigenvalue weighted by atomic mass is 10.3. The number of hydrogen-bond donors (Lipinski definition) is 1. The maximum atomic E-state index is 11.9. The van der Waals surface area contributed by atoms with E-state index in [1.165, 1.54) is 0 Å². The summed E-state index contributed by atoms with van der Waals surface area (Å²) < 4.78 is 17.3. The quantitative estimate of drug-likeness (QED) is 0.703. The van der Waals surface area contributed by atoms with Crippen LogP contribution in [0.15, 0.2) is 0 Å². The van der Waals surface area contributed by atoms with Crippen molar-refractivity contribution >= 4 is 10.8 Å². The van der Waals surface area contributed by atoms with Gasteiger partial charge in [-0.2, -0.15) is 0 Å². The average molecular weight is 233 g/mol. The van der Waals surface area contributed by atoms with Gasteiger partial charge in [-0.05, 0) is 26.3 Å². The normalized spacial score (nSPS) is 28.5. The predicted molar refractivity (Wildman–Crippen MR) is 64.6 cm³/mol. The highest BCUT2D eigenvalue weighted by molar-refractivity contribution is 7.85. The topological polar surface area (TPSA) is 38.3 Å². The third kappa shape index (κ3) is 4.62. The van der Waals surface area contributed by atoms with Gasteiger partial charge in [0.2, 0.25) is 0 Å². The molecule has 4 heteroatoms. The Morgan fingerprint density at radius 3 is 2.80 bits per heavy atom. The Labute approximate surface area is 95.4 Å². The second-order valence-corrected chi connectivity index (χ2v) is 6.23. The van der Waals surface area contributed by atoms with Crippen molar-refractivity contribution in [1.82, 2.24) is 5.32 Å². The van der Waals surface area contributed by atoms with Crippen molar-refractivity contribution in [3.8, 4) is 0 Å². The lowest BCUT2D eigenvalue weighted by molar-refractivity contribution is 0.127. The van der Waals surface area contributed by atoms with Crippen LogP contribution in [0.1, 0.15) is 33.6 Å². The summed E-state index contributed by atoms with van der Waals surface area (Å²) in [4.78, 5) is 0. The molecule has 0 aliphatic carbocycles. The number of nitrogens with one attached hydrogen (secondary N) is 1. The van der Waals surface area contributed by atoms with E-state index in [1.807, 2.05) is 6.92 Å². The standard InChI is InChI=1S/C11H23NO2S/c1-9(2)12-6-4-8-15(13)11-5-7-14-10(11)3/h9-12H,4-8H2,1-3H3. The Hall–Kier alpha value is 0.0700. The largest absolute Gasteiger partial charge is 0.377 e. The van der Waals surface area contributed by atoms with Crippen molar-refractivity contribution in [2.75, 3.05) is 18.9 Å². The lowest BCUT2D eigenvalue weighted by Crippen LogP contribution is -2.28. The minimum absolute atomic E-state index is 0.184. The van der Waals surface area contributed by atoms with Gasteiger partial charge in [0.25, 0.3) is 0 Å². The molecule has 1 saturated heterocycles. The Bertz CT molecular complexity index is 209. The molecule has 0 aromatic heterocycles. The molecule has 0 saturated carbocycles. The maximum Gasteiger partial charge on any atom is 0.0691 e. The predicted octanol–water partition coefficient (Wildman–Crippen LogP) is 1.30. The molecule has 0 radical (unpaired) electrons. The van der Waals surface area contributed by atoms with Crippen LogP contribution in [0.3, 0.4) is 0 Å². The summed E-state index contributed by atoms with van der Waals surface area (Å²) in [5.74, 6) is 0.804. The van der Waals surface area contributed by atoms with Gasteiger partial charge in [-0.25, -0.2) is 0 Å². The Balaban J connectivity index is 2.13. The van der Waals surface area contributed by atoms with Crippen LogP contribution < -0.4 is 5.32 Å². The zero-order chi connectivity index (χ0) is 11.3. The molecule has 15 heavy (non-hydrogen) atoms. The van der Waals surface area contributed by atoms with Crippen LogP contribution in [0, 0.1) is 0 Å². The fourth-order valence-corrected chi connectivity index (χ4v) is 3.41. The van der Waals surface area contributed by atoms with E-state index in [0.717, 1.165) is 31.7 Å². The van der Waals surface area contributed by atoms with Crippen molar-refractivity contribution in [1.29, 1.82) is 0 Å². The number of ether oxygens (including phenoxy) is 1. The highest BCUT2D eigenvalue weighted by atomic mass is 32.2. The first-order valence-corrected chi connectivity index (χ1v) is 7.21. The van der Waals surface area contributed by atoms with Gasteiger partial charge in [-0.1, -0.05) is 13.8 Å². The first-order valence-electron chi connectivity index (χ1n) is 5.83. The van der Waals surface area contributed by atoms with Gasteiger partial charge in [-0.15, -0.1) is 0 Å². The lowest BCUT2D eigenvalue weighted by Gasteiger charge is -2.14. The van der Waals surface area contributed by atoms with Gasteiger partial charge in [0.15, 0.2) is 0 Å². The molecular weight excluding hydrogens is 210 g/mol. The van der Waals surface area contributed by atoms with E-state index in [9.17, 15) is 4.21 Å². The molecule has 3 atom stereocenters. The summed E-state index contributed by atoms with van der Waals surface area (Å²) in [6, 6.07) is 0.521. The zero-order valence-corrected chi connectivity index (χ0v) is 10.8. The Morgan fingerprint density at radius 1 is 1.53 bits per heavy atom. The fraction of sp³-hybridized carbons (Fsp3) is 1.00. The van der Waals surface area contributed by atoms with Crippen molar-refractivity contribution < 1.29 is 8.95 Å². The van der Waals surface area contributed by atoms with Gasteiger partial charge in [0.05, 0.1) is 11.4 Å². The molecule has 3 nitrogen and oxygen atoms in total. The Kier molecular flexibility index (Phi) is 5.79. The van der Waals surface area contributed by atoms with Crippen LogP contribution in [-0.2, 0) is 15.5 Å². The van der Waals surface area contributed by atoms with E-state index < -0.39 is 10.8 Å². The summed E-state index contributed by atoms with van der Waals surface area (Å²) in [5.41, 5.74) is 0. The fourth-order valence-electron chi connectivity index (χ4n) is 1.81. The molecule has 0 aromatic carbocycles. The summed E-state index contributed by atoms with van der Waals surface area (Å²) >= 11 is 0. The van der Waals surface area contributed by atoms with Crippen molar-refractivity contribution in [3.63, 3.8) is 0 Å². The molecule has 90 valence electrons. The van der Waals surface area contributed by atoms with Crippen LogP contribution >= 0.6 is 0 Å². The van der Waals surface area contributed by atoms with Crippen LogP contribution in [0.4, 0.5) is 0 Å². The molecule has 3 unspecified atom stereocenters. The summed E-state index contributed by atoms with van der Waals surface area (Å²) in [6.07, 6.45) is 2.14. The summed E-state index contributed by atoms with van der Waals surface area (Å²) in [6.45, 7) is 8.03. The van der Waals surface area contributed by atoms with E-state index in [0.29, 0.717) is 6.04 Å². The first-order chi connectivity index (χ1) is 7.11. The van der Waals surface area contributed by atoms with Crippen molar-refractivity contribution in [3.05, 3.63) is 0 Å². The van der Waals surface area contributed by atoms with E-state index >= 15 is 0 Å². The molecule has 0 spiro atoms. The van der Waals surface area contributed by atoms with Gasteiger partial charge >= 0.3 is 0 Å². The van der Waals surface area contributed by atoms with Crippen molar-refractivity contribution in [2.45, 2.75) is 51.0 Å². The van der Waals surface area contributed by atoms with E-state index in [-0.39, 0.29) is 11.4 Å². The van der Waals surface area contributed by atoms with Crippen LogP contribution in [0.2, 0.25) is 0 Å². The van der Waals surface area contributed by atoms with E-state index in [2.05, 4.69) is 19.2 Å². The third-order valence-electron chi connectivity index (χ3n) is 2.72. The van der Waals surface area contributed by atoms with Crippen LogP contribution in [0.5, 0.6) is 0 Å². The van der Waals surface area contributed by atoms with Gasteiger partial charge < -0.3 is 10.1 Å². The van der Waals surface area contributed by atoms with Gasteiger partial charge in [0.1, 0.15) is 0 Å². The maximum absolute atomic E-state index is 11.9. The first kappa shape index (κ1) is 13.1. The van der Waals surface area contributed by atoms with Crippen LogP contribution in [-0.4, -0.2) is 40.5 Å². The van der Waals surface area contributed by atoms with Gasteiger partial charge in [0, 0.05) is 29.2 Å². The van der Waals surface area contributed by atoms with Crippen LogP contribution in [0.25, 0.3) is 0 Å². The van der Waals surface area contributed by atoms with Crippen molar-refractivity contribution in [2.24, 2.45) is 0 Å². The highest BCUT2D eigenvalue weighted by Gasteiger charge is 2.28. The van der Waals surface area contributed by atoms with Gasteiger partial charge in [-0.3, -0.25) is 4.21 Å². The molecule has 0 bridgehead atoms.